The van der Waals surface area contributed by atoms with Gasteiger partial charge in [0.25, 0.3) is 0 Å². The van der Waals surface area contributed by atoms with Gasteiger partial charge in [0.05, 0.1) is 0 Å². The van der Waals surface area contributed by atoms with Gasteiger partial charge in [-0.25, -0.2) is 15.0 Å². The predicted octanol–water partition coefficient (Wildman–Crippen LogP) is 13.4. The van der Waals surface area contributed by atoms with Crippen molar-refractivity contribution in [3.05, 3.63) is 174 Å². The topological polar surface area (TPSA) is 38.7 Å². The molecule has 0 amide bonds. The Balaban J connectivity index is 1.06. The SMILES string of the molecule is CC1(C)c2ccccc2-c2c(-c3nc(-c4ccccc4)nc(-c4cc(-c5ccc6c(c5)-c5ccccc5[Si]6(C)C)cc5c4-c4ccccc4C54C5CC6CC(C5)CC4C6)n3)cccc21. The van der Waals surface area contributed by atoms with Gasteiger partial charge in [-0.3, -0.25) is 0 Å². The molecule has 0 atom stereocenters. The number of benzene rings is 7. The minimum atomic E-state index is -1.82. The highest BCUT2D eigenvalue weighted by molar-refractivity contribution is 7.03. The minimum Gasteiger partial charge on any atom is -0.208 e. The number of rotatable bonds is 4. The van der Waals surface area contributed by atoms with Crippen molar-refractivity contribution in [1.29, 1.82) is 0 Å². The van der Waals surface area contributed by atoms with Crippen LogP contribution in [0, 0.1) is 23.7 Å². The van der Waals surface area contributed by atoms with E-state index in [0.717, 1.165) is 40.2 Å². The maximum absolute atomic E-state index is 5.70. The molecule has 0 saturated heterocycles. The molecule has 0 N–H and O–H groups in total. The van der Waals surface area contributed by atoms with E-state index in [-0.39, 0.29) is 10.8 Å². The molecule has 8 aromatic rings. The number of nitrogens with zero attached hydrogens (tertiary/aromatic N) is 3. The lowest BCUT2D eigenvalue weighted by atomic mass is 9.43. The van der Waals surface area contributed by atoms with Crippen molar-refractivity contribution < 1.29 is 0 Å². The van der Waals surface area contributed by atoms with E-state index in [1.165, 1.54) is 93.3 Å². The monoisotopic (exact) mass is 841 g/mol. The number of fused-ring (bicyclic) bond motifs is 9. The van der Waals surface area contributed by atoms with Gasteiger partial charge in [0.2, 0.25) is 0 Å². The van der Waals surface area contributed by atoms with Crippen molar-refractivity contribution in [3.63, 3.8) is 0 Å². The Hall–Kier alpha value is -6.23. The van der Waals surface area contributed by atoms with Crippen LogP contribution in [0.25, 0.3) is 78.7 Å². The molecule has 4 heteroatoms. The average molecular weight is 842 g/mol. The molecule has 64 heavy (non-hydrogen) atoms. The van der Waals surface area contributed by atoms with Gasteiger partial charge in [-0.15, -0.1) is 0 Å². The Kier molecular flexibility index (Phi) is 7.52. The summed E-state index contributed by atoms with van der Waals surface area (Å²) in [5, 5.41) is 3.09. The summed E-state index contributed by atoms with van der Waals surface area (Å²) in [5.74, 6) is 5.18. The van der Waals surface area contributed by atoms with Gasteiger partial charge < -0.3 is 0 Å². The Labute approximate surface area is 377 Å². The van der Waals surface area contributed by atoms with Gasteiger partial charge in [0.15, 0.2) is 17.5 Å². The van der Waals surface area contributed by atoms with Crippen LogP contribution in [0.2, 0.25) is 13.1 Å². The van der Waals surface area contributed by atoms with E-state index >= 15 is 0 Å². The third-order valence-electron chi connectivity index (χ3n) is 17.3. The van der Waals surface area contributed by atoms with Crippen LogP contribution in [-0.4, -0.2) is 23.0 Å². The Morgan fingerprint density at radius 3 is 1.70 bits per heavy atom. The summed E-state index contributed by atoms with van der Waals surface area (Å²) in [7, 11) is -1.82. The van der Waals surface area contributed by atoms with Crippen molar-refractivity contribution in [1.82, 2.24) is 15.0 Å². The number of aromatic nitrogens is 3. The molecule has 0 unspecified atom stereocenters. The molecule has 7 aromatic carbocycles. The van der Waals surface area contributed by atoms with Crippen molar-refractivity contribution in [2.24, 2.45) is 23.7 Å². The standard InChI is InChI=1S/C60H51N3Si/c1-59(2)48-21-11-8-18-43(48)54-45(20-14-23-50(54)59)57-61-56(37-15-6-5-7-16-37)62-58(63-57)47-33-39(38-25-26-53-46(32-38)42-17-10-13-24-52(42)64(53,3)4)34-51-55(47)44-19-9-12-22-49(44)60(51)40-28-35-27-36(30-40)31-41(60)29-35/h5-26,32-36,40-41H,27-31H2,1-4H3. The summed E-state index contributed by atoms with van der Waals surface area (Å²) >= 11 is 0. The highest BCUT2D eigenvalue weighted by atomic mass is 28.3. The third-order valence-corrected chi connectivity index (χ3v) is 20.9. The molecular formula is C60H51N3Si. The first-order valence-corrected chi connectivity index (χ1v) is 26.8. The highest BCUT2D eigenvalue weighted by Gasteiger charge is 2.62. The summed E-state index contributed by atoms with van der Waals surface area (Å²) in [5.41, 5.74) is 19.3. The Morgan fingerprint density at radius 1 is 0.406 bits per heavy atom. The zero-order chi connectivity index (χ0) is 42.7. The van der Waals surface area contributed by atoms with Crippen LogP contribution in [0.15, 0.2) is 152 Å². The van der Waals surface area contributed by atoms with Crippen LogP contribution in [0.5, 0.6) is 0 Å². The molecule has 2 heterocycles. The van der Waals surface area contributed by atoms with Gasteiger partial charge in [-0.1, -0.05) is 160 Å². The Morgan fingerprint density at radius 2 is 0.953 bits per heavy atom. The van der Waals surface area contributed by atoms with E-state index in [9.17, 15) is 0 Å². The average Bonchev–Trinajstić information content (AvgIpc) is 3.85. The molecule has 4 saturated carbocycles. The fraction of sp³-hybridized carbons (Fsp3) is 0.250. The van der Waals surface area contributed by atoms with Crippen molar-refractivity contribution >= 4 is 18.4 Å². The molecule has 1 spiro atoms. The molecule has 4 fully saturated rings. The number of hydrogen-bond donors (Lipinski definition) is 0. The summed E-state index contributed by atoms with van der Waals surface area (Å²) in [6.45, 7) is 9.73. The predicted molar refractivity (Wildman–Crippen MR) is 265 cm³/mol. The van der Waals surface area contributed by atoms with Gasteiger partial charge in [-0.05, 0) is 151 Å². The largest absolute Gasteiger partial charge is 0.208 e. The third kappa shape index (κ3) is 4.85. The van der Waals surface area contributed by atoms with E-state index < -0.39 is 8.07 Å². The van der Waals surface area contributed by atoms with Crippen molar-refractivity contribution in [3.8, 4) is 78.7 Å². The second kappa shape index (κ2) is 12.9. The quantitative estimate of drug-likeness (QED) is 0.166. The van der Waals surface area contributed by atoms with Crippen molar-refractivity contribution in [2.45, 2.75) is 69.9 Å². The zero-order valence-electron chi connectivity index (χ0n) is 37.1. The van der Waals surface area contributed by atoms with Crippen LogP contribution < -0.4 is 10.4 Å². The second-order valence-corrected chi connectivity index (χ2v) is 25.5. The lowest BCUT2D eigenvalue weighted by molar-refractivity contribution is -0.0399. The van der Waals surface area contributed by atoms with E-state index in [1.54, 1.807) is 15.9 Å². The molecule has 0 radical (unpaired) electrons. The van der Waals surface area contributed by atoms with E-state index in [0.29, 0.717) is 17.7 Å². The van der Waals surface area contributed by atoms with E-state index in [4.69, 9.17) is 15.0 Å². The summed E-state index contributed by atoms with van der Waals surface area (Å²) in [4.78, 5) is 16.7. The molecular weight excluding hydrogens is 791 g/mol. The van der Waals surface area contributed by atoms with Crippen LogP contribution in [0.4, 0.5) is 0 Å². The van der Waals surface area contributed by atoms with Crippen LogP contribution in [0.3, 0.4) is 0 Å². The lowest BCUT2D eigenvalue weighted by Crippen LogP contribution is -2.55. The van der Waals surface area contributed by atoms with Gasteiger partial charge in [-0.2, -0.15) is 0 Å². The summed E-state index contributed by atoms with van der Waals surface area (Å²) in [6, 6.07) is 57.4. The highest BCUT2D eigenvalue weighted by Crippen LogP contribution is 2.70. The second-order valence-electron chi connectivity index (χ2n) is 21.2. The lowest BCUT2D eigenvalue weighted by Gasteiger charge is -2.61. The minimum absolute atomic E-state index is 0.0179. The summed E-state index contributed by atoms with van der Waals surface area (Å²) < 4.78 is 0. The zero-order valence-corrected chi connectivity index (χ0v) is 38.1. The normalized spacial score (nSPS) is 23.9. The van der Waals surface area contributed by atoms with Crippen LogP contribution in [0.1, 0.15) is 68.2 Å². The Bertz CT molecular complexity index is 3280. The van der Waals surface area contributed by atoms with E-state index in [1.807, 2.05) is 0 Å². The van der Waals surface area contributed by atoms with E-state index in [2.05, 4.69) is 179 Å². The van der Waals surface area contributed by atoms with Gasteiger partial charge >= 0.3 is 0 Å². The molecule has 4 bridgehead atoms. The van der Waals surface area contributed by atoms with Gasteiger partial charge in [0, 0.05) is 27.5 Å². The first-order valence-electron chi connectivity index (χ1n) is 23.8. The maximum Gasteiger partial charge on any atom is 0.164 e. The molecule has 7 aliphatic rings. The molecule has 1 aliphatic heterocycles. The fourth-order valence-corrected chi connectivity index (χ4v) is 17.9. The number of hydrogen-bond acceptors (Lipinski definition) is 3. The fourth-order valence-electron chi connectivity index (χ4n) is 14.8. The molecule has 1 aromatic heterocycles. The van der Waals surface area contributed by atoms with Crippen LogP contribution >= 0.6 is 0 Å². The molecule has 15 rings (SSSR count). The van der Waals surface area contributed by atoms with Crippen molar-refractivity contribution in [2.75, 3.05) is 0 Å². The maximum atomic E-state index is 5.70. The first-order chi connectivity index (χ1) is 31.2. The summed E-state index contributed by atoms with van der Waals surface area (Å²) in [6.07, 6.45) is 6.77. The van der Waals surface area contributed by atoms with Crippen LogP contribution in [-0.2, 0) is 10.8 Å². The van der Waals surface area contributed by atoms with Gasteiger partial charge in [0.1, 0.15) is 8.07 Å². The molecule has 3 nitrogen and oxygen atoms in total. The molecule has 310 valence electrons. The smallest absolute Gasteiger partial charge is 0.164 e. The molecule has 6 aliphatic carbocycles. The first kappa shape index (κ1) is 37.2.